The van der Waals surface area contributed by atoms with Crippen LogP contribution in [0.2, 0.25) is 0 Å². The zero-order chi connectivity index (χ0) is 14.9. The van der Waals surface area contributed by atoms with Crippen molar-refractivity contribution in [3.05, 3.63) is 18.0 Å². The Morgan fingerprint density at radius 3 is 2.73 bits per heavy atom. The summed E-state index contributed by atoms with van der Waals surface area (Å²) in [6.45, 7) is 4.67. The first-order chi connectivity index (χ1) is 10.3. The molecule has 1 saturated carbocycles. The van der Waals surface area contributed by atoms with Gasteiger partial charge in [-0.15, -0.1) is 24.0 Å². The third kappa shape index (κ3) is 6.54. The first-order valence-corrected chi connectivity index (χ1v) is 8.28. The lowest BCUT2D eigenvalue weighted by atomic mass is 9.87. The Morgan fingerprint density at radius 2 is 2.09 bits per heavy atom. The fourth-order valence-corrected chi connectivity index (χ4v) is 2.93. The summed E-state index contributed by atoms with van der Waals surface area (Å²) in [5.41, 5.74) is 1.12. The average molecular weight is 419 g/mol. The van der Waals surface area contributed by atoms with Crippen LogP contribution in [0.25, 0.3) is 0 Å². The van der Waals surface area contributed by atoms with E-state index in [-0.39, 0.29) is 24.0 Å². The van der Waals surface area contributed by atoms with Gasteiger partial charge < -0.3 is 10.6 Å². The van der Waals surface area contributed by atoms with Crippen LogP contribution in [0.3, 0.4) is 0 Å². The van der Waals surface area contributed by atoms with Gasteiger partial charge in [0.1, 0.15) is 0 Å². The largest absolute Gasteiger partial charge is 0.357 e. The molecule has 1 fully saturated rings. The Kier molecular flexibility index (Phi) is 9.50. The van der Waals surface area contributed by atoms with Crippen LogP contribution in [-0.4, -0.2) is 28.8 Å². The molecule has 0 saturated heterocycles. The summed E-state index contributed by atoms with van der Waals surface area (Å²) in [5, 5.41) is 10.9. The molecule has 126 valence electrons. The quantitative estimate of drug-likeness (QED) is 0.424. The van der Waals surface area contributed by atoms with Crippen LogP contribution in [-0.2, 0) is 13.6 Å². The molecule has 2 rings (SSSR count). The van der Waals surface area contributed by atoms with Crippen molar-refractivity contribution in [3.63, 3.8) is 0 Å². The number of nitrogens with one attached hydrogen (secondary N) is 2. The number of aryl methyl sites for hydroxylation is 1. The van der Waals surface area contributed by atoms with Crippen LogP contribution in [0.5, 0.6) is 0 Å². The Balaban J connectivity index is 0.00000242. The molecule has 0 aromatic carbocycles. The average Bonchev–Trinajstić information content (AvgIpc) is 2.91. The molecule has 0 amide bonds. The second-order valence-electron chi connectivity index (χ2n) is 5.86. The Labute approximate surface area is 151 Å². The number of aliphatic imine (C=N–C) groups is 1. The number of hydrogen-bond acceptors (Lipinski definition) is 2. The molecule has 1 aliphatic carbocycles. The fourth-order valence-electron chi connectivity index (χ4n) is 2.93. The van der Waals surface area contributed by atoms with Gasteiger partial charge in [-0.3, -0.25) is 4.68 Å². The summed E-state index contributed by atoms with van der Waals surface area (Å²) >= 11 is 0. The SMILES string of the molecule is CCNC(=NCc1ccnn1C)NCCC1CCCCC1.I. The molecule has 0 spiro atoms. The Bertz CT molecular complexity index is 437. The summed E-state index contributed by atoms with van der Waals surface area (Å²) in [7, 11) is 1.95. The molecule has 1 aliphatic rings. The van der Waals surface area contributed by atoms with Crippen LogP contribution in [0.1, 0.15) is 51.1 Å². The van der Waals surface area contributed by atoms with Crippen molar-refractivity contribution in [2.24, 2.45) is 18.0 Å². The summed E-state index contributed by atoms with van der Waals surface area (Å²) in [6, 6.07) is 2.01. The summed E-state index contributed by atoms with van der Waals surface area (Å²) < 4.78 is 1.87. The lowest BCUT2D eigenvalue weighted by Gasteiger charge is -2.22. The van der Waals surface area contributed by atoms with E-state index in [1.165, 1.54) is 38.5 Å². The predicted octanol–water partition coefficient (Wildman–Crippen LogP) is 3.06. The van der Waals surface area contributed by atoms with Gasteiger partial charge in [0, 0.05) is 26.3 Å². The van der Waals surface area contributed by atoms with E-state index in [4.69, 9.17) is 0 Å². The lowest BCUT2D eigenvalue weighted by molar-refractivity contribution is 0.339. The molecule has 1 heterocycles. The van der Waals surface area contributed by atoms with Crippen LogP contribution in [0.15, 0.2) is 17.3 Å². The lowest BCUT2D eigenvalue weighted by Crippen LogP contribution is -2.38. The van der Waals surface area contributed by atoms with Crippen LogP contribution >= 0.6 is 24.0 Å². The van der Waals surface area contributed by atoms with Crippen molar-refractivity contribution in [1.82, 2.24) is 20.4 Å². The molecule has 0 unspecified atom stereocenters. The first kappa shape index (κ1) is 19.3. The molecular formula is C16H30IN5. The summed E-state index contributed by atoms with van der Waals surface area (Å²) in [4.78, 5) is 4.63. The third-order valence-electron chi connectivity index (χ3n) is 4.24. The second kappa shape index (κ2) is 10.9. The topological polar surface area (TPSA) is 54.2 Å². The molecule has 22 heavy (non-hydrogen) atoms. The van der Waals surface area contributed by atoms with Crippen LogP contribution in [0, 0.1) is 5.92 Å². The summed E-state index contributed by atoms with van der Waals surface area (Å²) in [5.74, 6) is 1.82. The van der Waals surface area contributed by atoms with Gasteiger partial charge in [0.05, 0.1) is 12.2 Å². The monoisotopic (exact) mass is 419 g/mol. The predicted molar refractivity (Wildman–Crippen MR) is 103 cm³/mol. The molecule has 5 nitrogen and oxygen atoms in total. The molecule has 0 radical (unpaired) electrons. The smallest absolute Gasteiger partial charge is 0.191 e. The van der Waals surface area contributed by atoms with Crippen molar-refractivity contribution in [2.45, 2.75) is 52.0 Å². The van der Waals surface area contributed by atoms with Crippen molar-refractivity contribution < 1.29 is 0 Å². The van der Waals surface area contributed by atoms with Gasteiger partial charge in [0.15, 0.2) is 5.96 Å². The van der Waals surface area contributed by atoms with Crippen LogP contribution in [0.4, 0.5) is 0 Å². The van der Waals surface area contributed by atoms with E-state index in [0.717, 1.165) is 30.7 Å². The van der Waals surface area contributed by atoms with E-state index in [2.05, 4.69) is 27.6 Å². The van der Waals surface area contributed by atoms with E-state index in [0.29, 0.717) is 6.54 Å². The minimum atomic E-state index is 0. The second-order valence-corrected chi connectivity index (χ2v) is 5.86. The maximum Gasteiger partial charge on any atom is 0.191 e. The summed E-state index contributed by atoms with van der Waals surface area (Å²) in [6.07, 6.45) is 10.1. The van der Waals surface area contributed by atoms with Crippen molar-refractivity contribution >= 4 is 29.9 Å². The highest BCUT2D eigenvalue weighted by Gasteiger charge is 2.12. The molecule has 1 aromatic heterocycles. The zero-order valence-electron chi connectivity index (χ0n) is 13.8. The van der Waals surface area contributed by atoms with Gasteiger partial charge in [-0.1, -0.05) is 32.1 Å². The van der Waals surface area contributed by atoms with E-state index < -0.39 is 0 Å². The number of guanidine groups is 1. The number of rotatable bonds is 6. The van der Waals surface area contributed by atoms with Crippen molar-refractivity contribution in [2.75, 3.05) is 13.1 Å². The van der Waals surface area contributed by atoms with Gasteiger partial charge in [0.2, 0.25) is 0 Å². The minimum absolute atomic E-state index is 0. The van der Waals surface area contributed by atoms with E-state index in [9.17, 15) is 0 Å². The Morgan fingerprint density at radius 1 is 1.32 bits per heavy atom. The van der Waals surface area contributed by atoms with Gasteiger partial charge in [-0.2, -0.15) is 5.10 Å². The zero-order valence-corrected chi connectivity index (χ0v) is 16.2. The number of hydrogen-bond donors (Lipinski definition) is 2. The normalized spacial score (nSPS) is 16.2. The number of halogens is 1. The highest BCUT2D eigenvalue weighted by molar-refractivity contribution is 14.0. The van der Waals surface area contributed by atoms with Gasteiger partial charge >= 0.3 is 0 Å². The van der Waals surface area contributed by atoms with Gasteiger partial charge in [-0.25, -0.2) is 4.99 Å². The maximum absolute atomic E-state index is 4.63. The van der Waals surface area contributed by atoms with Gasteiger partial charge in [-0.05, 0) is 25.3 Å². The highest BCUT2D eigenvalue weighted by atomic mass is 127. The molecule has 0 atom stereocenters. The van der Waals surface area contributed by atoms with Crippen molar-refractivity contribution in [1.29, 1.82) is 0 Å². The standard InChI is InChI=1S/C16H29N5.HI/c1-3-17-16(19-13-15-10-12-20-21(15)2)18-11-9-14-7-5-4-6-8-14;/h10,12,14H,3-9,11,13H2,1-2H3,(H2,17,18,19);1H. The van der Waals surface area contributed by atoms with E-state index in [1.54, 1.807) is 0 Å². The fraction of sp³-hybridized carbons (Fsp3) is 0.750. The van der Waals surface area contributed by atoms with Crippen LogP contribution < -0.4 is 10.6 Å². The number of aromatic nitrogens is 2. The molecular weight excluding hydrogens is 389 g/mol. The van der Waals surface area contributed by atoms with Gasteiger partial charge in [0.25, 0.3) is 0 Å². The van der Waals surface area contributed by atoms with E-state index in [1.807, 2.05) is 24.0 Å². The maximum atomic E-state index is 4.63. The molecule has 2 N–H and O–H groups in total. The van der Waals surface area contributed by atoms with Crippen molar-refractivity contribution in [3.8, 4) is 0 Å². The number of nitrogens with zero attached hydrogens (tertiary/aromatic N) is 3. The molecule has 6 heteroatoms. The van der Waals surface area contributed by atoms with E-state index >= 15 is 0 Å². The highest BCUT2D eigenvalue weighted by Crippen LogP contribution is 2.25. The minimum Gasteiger partial charge on any atom is -0.357 e. The molecule has 1 aromatic rings. The third-order valence-corrected chi connectivity index (χ3v) is 4.24. The first-order valence-electron chi connectivity index (χ1n) is 8.28. The molecule has 0 bridgehead atoms. The Hall–Kier alpha value is -0.790. The molecule has 0 aliphatic heterocycles.